The van der Waals surface area contributed by atoms with Crippen molar-refractivity contribution in [2.45, 2.75) is 6.54 Å². The molecule has 0 spiro atoms. The molecule has 0 N–H and O–H groups in total. The zero-order chi connectivity index (χ0) is 21.8. The van der Waals surface area contributed by atoms with Gasteiger partial charge in [0.25, 0.3) is 5.91 Å². The van der Waals surface area contributed by atoms with E-state index < -0.39 is 0 Å². The van der Waals surface area contributed by atoms with E-state index in [1.807, 2.05) is 29.2 Å². The number of rotatable bonds is 6. The summed E-state index contributed by atoms with van der Waals surface area (Å²) >= 11 is 7.73. The predicted octanol–water partition coefficient (Wildman–Crippen LogP) is 4.44. The Morgan fingerprint density at radius 1 is 1.06 bits per heavy atom. The summed E-state index contributed by atoms with van der Waals surface area (Å²) in [6.45, 7) is 3.68. The lowest BCUT2D eigenvalue weighted by Gasteiger charge is -2.34. The van der Waals surface area contributed by atoms with Gasteiger partial charge in [-0.25, -0.2) is 4.98 Å². The van der Waals surface area contributed by atoms with Crippen molar-refractivity contribution in [1.29, 1.82) is 0 Å². The molecule has 1 aromatic heterocycles. The summed E-state index contributed by atoms with van der Waals surface area (Å²) in [5.74, 6) is 1.34. The second kappa shape index (κ2) is 9.68. The number of thiazole rings is 1. The van der Waals surface area contributed by atoms with Gasteiger partial charge in [0.1, 0.15) is 16.5 Å². The van der Waals surface area contributed by atoms with Gasteiger partial charge in [-0.05, 0) is 42.5 Å². The zero-order valence-electron chi connectivity index (χ0n) is 17.5. The van der Waals surface area contributed by atoms with Crippen LogP contribution in [0.1, 0.15) is 16.1 Å². The van der Waals surface area contributed by atoms with E-state index in [2.05, 4.69) is 10.3 Å². The number of hydrogen-bond donors (Lipinski definition) is 0. The van der Waals surface area contributed by atoms with Crippen molar-refractivity contribution in [3.63, 3.8) is 0 Å². The van der Waals surface area contributed by atoms with Crippen molar-refractivity contribution in [3.8, 4) is 22.1 Å². The SMILES string of the molecule is COc1ccc(-c2nc(CN3CCN(C(=O)c4cc(Cl)ccc4OC)CC3)cs2)cc1. The molecule has 6 nitrogen and oxygen atoms in total. The van der Waals surface area contributed by atoms with Crippen LogP contribution in [0.5, 0.6) is 11.5 Å². The highest BCUT2D eigenvalue weighted by atomic mass is 35.5. The number of piperazine rings is 1. The summed E-state index contributed by atoms with van der Waals surface area (Å²) in [7, 11) is 3.22. The Kier molecular flexibility index (Phi) is 6.75. The number of methoxy groups -OCH3 is 2. The Hall–Kier alpha value is -2.61. The van der Waals surface area contributed by atoms with Gasteiger partial charge < -0.3 is 14.4 Å². The van der Waals surface area contributed by atoms with Crippen LogP contribution in [-0.4, -0.2) is 61.1 Å². The minimum atomic E-state index is -0.0468. The molecule has 3 aromatic rings. The molecule has 4 rings (SSSR count). The Labute approximate surface area is 191 Å². The molecule has 162 valence electrons. The Morgan fingerprint density at radius 3 is 2.48 bits per heavy atom. The number of carbonyl (C=O) groups excluding carboxylic acids is 1. The first-order valence-electron chi connectivity index (χ1n) is 10.0. The molecule has 1 aliphatic heterocycles. The first-order valence-corrected chi connectivity index (χ1v) is 11.3. The molecular weight excluding hydrogens is 434 g/mol. The third kappa shape index (κ3) is 5.01. The lowest BCUT2D eigenvalue weighted by atomic mass is 10.1. The number of halogens is 1. The lowest BCUT2D eigenvalue weighted by molar-refractivity contribution is 0.0624. The fraction of sp³-hybridized carbons (Fsp3) is 0.304. The van der Waals surface area contributed by atoms with Crippen LogP contribution in [0.15, 0.2) is 47.8 Å². The smallest absolute Gasteiger partial charge is 0.257 e. The van der Waals surface area contributed by atoms with Crippen LogP contribution in [0, 0.1) is 0 Å². The minimum Gasteiger partial charge on any atom is -0.497 e. The molecule has 1 aliphatic rings. The second-order valence-electron chi connectivity index (χ2n) is 7.29. The summed E-state index contributed by atoms with van der Waals surface area (Å²) in [6.07, 6.45) is 0. The third-order valence-corrected chi connectivity index (χ3v) is 6.50. The minimum absolute atomic E-state index is 0.0468. The fourth-order valence-electron chi connectivity index (χ4n) is 3.60. The van der Waals surface area contributed by atoms with Crippen molar-refractivity contribution < 1.29 is 14.3 Å². The fourth-order valence-corrected chi connectivity index (χ4v) is 4.59. The number of nitrogens with zero attached hydrogens (tertiary/aromatic N) is 3. The monoisotopic (exact) mass is 457 g/mol. The van der Waals surface area contributed by atoms with Crippen molar-refractivity contribution in [1.82, 2.24) is 14.8 Å². The quantitative estimate of drug-likeness (QED) is 0.547. The molecule has 1 amide bonds. The first-order chi connectivity index (χ1) is 15.1. The van der Waals surface area contributed by atoms with Crippen LogP contribution in [0.4, 0.5) is 0 Å². The number of benzene rings is 2. The largest absolute Gasteiger partial charge is 0.497 e. The van der Waals surface area contributed by atoms with Crippen LogP contribution in [0.25, 0.3) is 10.6 Å². The van der Waals surface area contributed by atoms with Gasteiger partial charge in [-0.15, -0.1) is 11.3 Å². The maximum Gasteiger partial charge on any atom is 0.257 e. The van der Waals surface area contributed by atoms with Crippen LogP contribution >= 0.6 is 22.9 Å². The molecule has 1 saturated heterocycles. The van der Waals surface area contributed by atoms with Crippen molar-refractivity contribution in [2.24, 2.45) is 0 Å². The van der Waals surface area contributed by atoms with Crippen molar-refractivity contribution in [3.05, 3.63) is 64.1 Å². The van der Waals surface area contributed by atoms with Crippen LogP contribution in [-0.2, 0) is 6.54 Å². The average Bonchev–Trinajstić information content (AvgIpc) is 3.27. The molecule has 0 bridgehead atoms. The average molecular weight is 458 g/mol. The highest BCUT2D eigenvalue weighted by molar-refractivity contribution is 7.13. The maximum absolute atomic E-state index is 13.0. The summed E-state index contributed by atoms with van der Waals surface area (Å²) < 4.78 is 10.6. The number of hydrogen-bond acceptors (Lipinski definition) is 6. The predicted molar refractivity (Wildman–Crippen MR) is 123 cm³/mol. The van der Waals surface area contributed by atoms with E-state index >= 15 is 0 Å². The summed E-state index contributed by atoms with van der Waals surface area (Å²) in [5, 5.41) is 3.63. The van der Waals surface area contributed by atoms with Gasteiger partial charge in [0.2, 0.25) is 0 Å². The van der Waals surface area contributed by atoms with Crippen LogP contribution in [0.3, 0.4) is 0 Å². The molecule has 0 atom stereocenters. The van der Waals surface area contributed by atoms with Gasteiger partial charge in [-0.2, -0.15) is 0 Å². The van der Waals surface area contributed by atoms with E-state index in [1.165, 1.54) is 0 Å². The van der Waals surface area contributed by atoms with Gasteiger partial charge in [-0.3, -0.25) is 9.69 Å². The Morgan fingerprint density at radius 2 is 1.81 bits per heavy atom. The highest BCUT2D eigenvalue weighted by Crippen LogP contribution is 2.27. The van der Waals surface area contributed by atoms with Crippen LogP contribution < -0.4 is 9.47 Å². The van der Waals surface area contributed by atoms with Gasteiger partial charge in [0, 0.05) is 48.7 Å². The van der Waals surface area contributed by atoms with Gasteiger partial charge in [-0.1, -0.05) is 11.6 Å². The van der Waals surface area contributed by atoms with Crippen LogP contribution in [0.2, 0.25) is 5.02 Å². The highest BCUT2D eigenvalue weighted by Gasteiger charge is 2.25. The van der Waals surface area contributed by atoms with Gasteiger partial charge >= 0.3 is 0 Å². The molecule has 31 heavy (non-hydrogen) atoms. The van der Waals surface area contributed by atoms with Crippen molar-refractivity contribution in [2.75, 3.05) is 40.4 Å². The van der Waals surface area contributed by atoms with E-state index in [9.17, 15) is 4.79 Å². The molecule has 0 radical (unpaired) electrons. The third-order valence-electron chi connectivity index (χ3n) is 5.33. The second-order valence-corrected chi connectivity index (χ2v) is 8.58. The van der Waals surface area contributed by atoms with Gasteiger partial charge in [0.15, 0.2) is 0 Å². The van der Waals surface area contributed by atoms with E-state index in [0.29, 0.717) is 29.4 Å². The van der Waals surface area contributed by atoms with E-state index in [0.717, 1.165) is 41.6 Å². The molecular formula is C23H24ClN3O3S. The summed E-state index contributed by atoms with van der Waals surface area (Å²) in [4.78, 5) is 21.9. The molecule has 8 heteroatoms. The molecule has 2 heterocycles. The maximum atomic E-state index is 13.0. The number of aromatic nitrogens is 1. The summed E-state index contributed by atoms with van der Waals surface area (Å²) in [6, 6.07) is 13.1. The molecule has 0 aliphatic carbocycles. The van der Waals surface area contributed by atoms with Crippen molar-refractivity contribution >= 4 is 28.8 Å². The van der Waals surface area contributed by atoms with E-state index in [-0.39, 0.29) is 5.91 Å². The lowest BCUT2D eigenvalue weighted by Crippen LogP contribution is -2.48. The molecule has 0 unspecified atom stereocenters. The Balaban J connectivity index is 1.35. The molecule has 1 fully saturated rings. The first kappa shape index (κ1) is 21.6. The normalized spacial score (nSPS) is 14.5. The Bertz CT molecular complexity index is 1050. The molecule has 2 aromatic carbocycles. The van der Waals surface area contributed by atoms with E-state index in [1.54, 1.807) is 43.8 Å². The number of ether oxygens (including phenoxy) is 2. The zero-order valence-corrected chi connectivity index (χ0v) is 19.1. The standard InChI is InChI=1S/C23H24ClN3O3S/c1-29-19-6-3-16(4-7-19)22-25-18(15-31-22)14-26-9-11-27(12-10-26)23(28)20-13-17(24)5-8-21(20)30-2/h3-8,13,15H,9-12,14H2,1-2H3. The van der Waals surface area contributed by atoms with Gasteiger partial charge in [0.05, 0.1) is 25.5 Å². The number of carbonyl (C=O) groups is 1. The topological polar surface area (TPSA) is 54.9 Å². The summed E-state index contributed by atoms with van der Waals surface area (Å²) in [5.41, 5.74) is 2.64. The molecule has 0 saturated carbocycles. The number of amides is 1. The van der Waals surface area contributed by atoms with E-state index in [4.69, 9.17) is 26.1 Å².